The number of thiazole rings is 1. The molecule has 3 aromatic carbocycles. The highest BCUT2D eigenvalue weighted by atomic mass is 32.2. The summed E-state index contributed by atoms with van der Waals surface area (Å²) in [6.07, 6.45) is 3.65. The minimum absolute atomic E-state index is 0.174. The fraction of sp³-hybridized carbons (Fsp3) is 0.182. The van der Waals surface area contributed by atoms with E-state index >= 15 is 0 Å². The molecule has 216 valence electrons. The van der Waals surface area contributed by atoms with Gasteiger partial charge in [0.25, 0.3) is 11.5 Å². The quantitative estimate of drug-likeness (QED) is 0.225. The van der Waals surface area contributed by atoms with Crippen molar-refractivity contribution in [1.82, 2.24) is 4.57 Å². The summed E-state index contributed by atoms with van der Waals surface area (Å²) >= 11 is 2.80. The molecule has 4 aromatic rings. The fourth-order valence-electron chi connectivity index (χ4n) is 5.23. The molecule has 2 atom stereocenters. The second-order valence-corrected chi connectivity index (χ2v) is 11.8. The van der Waals surface area contributed by atoms with Crippen LogP contribution in [0.2, 0.25) is 0 Å². The van der Waals surface area contributed by atoms with Crippen LogP contribution in [0.15, 0.2) is 110 Å². The van der Waals surface area contributed by atoms with Crippen molar-refractivity contribution in [3.05, 3.63) is 121 Å². The van der Waals surface area contributed by atoms with Crippen LogP contribution in [0, 0.1) is 5.92 Å². The van der Waals surface area contributed by atoms with Crippen LogP contribution < -0.4 is 19.9 Å². The van der Waals surface area contributed by atoms with Gasteiger partial charge in [0.15, 0.2) is 4.80 Å². The van der Waals surface area contributed by atoms with E-state index in [-0.39, 0.29) is 23.6 Å². The number of hydrogen-bond donors (Lipinski definition) is 0. The van der Waals surface area contributed by atoms with Gasteiger partial charge in [0.1, 0.15) is 5.92 Å². The van der Waals surface area contributed by atoms with E-state index < -0.39 is 17.9 Å². The predicted octanol–water partition coefficient (Wildman–Crippen LogP) is 4.65. The number of anilines is 1. The third-order valence-corrected chi connectivity index (χ3v) is 9.05. The third-order valence-electron chi connectivity index (χ3n) is 7.31. The van der Waals surface area contributed by atoms with Crippen molar-refractivity contribution in [2.45, 2.75) is 24.8 Å². The van der Waals surface area contributed by atoms with Crippen molar-refractivity contribution < 1.29 is 14.3 Å². The lowest BCUT2D eigenvalue weighted by Crippen LogP contribution is -2.40. The molecule has 3 heterocycles. The number of esters is 1. The van der Waals surface area contributed by atoms with Crippen LogP contribution in [0.4, 0.5) is 5.69 Å². The highest BCUT2D eigenvalue weighted by molar-refractivity contribution is 7.98. The van der Waals surface area contributed by atoms with Crippen LogP contribution in [-0.2, 0) is 14.3 Å². The minimum Gasteiger partial charge on any atom is -0.463 e. The summed E-state index contributed by atoms with van der Waals surface area (Å²) in [5.74, 6) is -1.49. The second-order valence-electron chi connectivity index (χ2n) is 9.93. The lowest BCUT2D eigenvalue weighted by atomic mass is 9.93. The van der Waals surface area contributed by atoms with Crippen molar-refractivity contribution in [2.75, 3.05) is 17.9 Å². The second kappa shape index (κ2) is 12.0. The van der Waals surface area contributed by atoms with Crippen LogP contribution in [-0.4, -0.2) is 35.0 Å². The van der Waals surface area contributed by atoms with Crippen molar-refractivity contribution in [2.24, 2.45) is 16.0 Å². The number of benzene rings is 3. The fourth-order valence-corrected chi connectivity index (χ4v) is 6.65. The number of aromatic nitrogens is 1. The predicted molar refractivity (Wildman–Crippen MR) is 171 cm³/mol. The summed E-state index contributed by atoms with van der Waals surface area (Å²) in [4.78, 5) is 47.6. The molecule has 0 aliphatic carbocycles. The number of thioether (sulfide) groups is 1. The molecule has 0 spiro atoms. The van der Waals surface area contributed by atoms with Crippen molar-refractivity contribution in [3.8, 4) is 0 Å². The molecule has 0 radical (unpaired) electrons. The SMILES string of the molecule is CCOC(=O)C1=C(c2ccccc2)N=c2s/c(=C/[C@@H]3C(=O)N(c4ccccc4)N=C3C)c(=O)n2[C@H]1c1ccc(SC)cc1. The first-order valence-electron chi connectivity index (χ1n) is 13.8. The van der Waals surface area contributed by atoms with Crippen LogP contribution in [0.3, 0.4) is 0 Å². The molecule has 2 aliphatic rings. The Morgan fingerprint density at radius 3 is 2.33 bits per heavy atom. The molecule has 0 bridgehead atoms. The van der Waals surface area contributed by atoms with E-state index in [2.05, 4.69) is 5.10 Å². The maximum absolute atomic E-state index is 14.2. The molecule has 0 saturated heterocycles. The van der Waals surface area contributed by atoms with E-state index in [0.29, 0.717) is 26.4 Å². The Morgan fingerprint density at radius 1 is 1.00 bits per heavy atom. The van der Waals surface area contributed by atoms with Crippen molar-refractivity contribution in [3.63, 3.8) is 0 Å². The summed E-state index contributed by atoms with van der Waals surface area (Å²) in [5, 5.41) is 5.86. The monoisotopic (exact) mass is 608 g/mol. The first-order chi connectivity index (χ1) is 20.9. The molecule has 0 saturated carbocycles. The molecule has 6 rings (SSSR count). The largest absolute Gasteiger partial charge is 0.463 e. The van der Waals surface area contributed by atoms with E-state index in [1.807, 2.05) is 91.2 Å². The normalized spacial score (nSPS) is 18.4. The smallest absolute Gasteiger partial charge is 0.338 e. The Balaban J connectivity index is 1.55. The van der Waals surface area contributed by atoms with Gasteiger partial charge in [-0.3, -0.25) is 14.2 Å². The molecule has 1 aromatic heterocycles. The van der Waals surface area contributed by atoms with Crippen LogP contribution in [0.1, 0.15) is 31.0 Å². The number of amides is 1. The van der Waals surface area contributed by atoms with Crippen LogP contribution in [0.25, 0.3) is 11.8 Å². The Hall–Kier alpha value is -4.54. The molecule has 10 heteroatoms. The molecule has 0 N–H and O–H groups in total. The van der Waals surface area contributed by atoms with Gasteiger partial charge in [0, 0.05) is 10.5 Å². The lowest BCUT2D eigenvalue weighted by molar-refractivity contribution is -0.138. The molecule has 0 fully saturated rings. The van der Waals surface area contributed by atoms with Crippen LogP contribution >= 0.6 is 23.1 Å². The molecular formula is C33H28N4O4S2. The number of para-hydroxylation sites is 1. The molecule has 2 aliphatic heterocycles. The zero-order chi connectivity index (χ0) is 30.1. The van der Waals surface area contributed by atoms with E-state index in [1.165, 1.54) is 16.3 Å². The number of hydrogen-bond acceptors (Lipinski definition) is 8. The summed E-state index contributed by atoms with van der Waals surface area (Å²) in [6, 6.07) is 25.6. The standard InChI is InChI=1S/C33H28N4O4S2/c1-4-41-32(40)27-28(21-11-7-5-8-12-21)34-33-36(29(27)22-15-17-24(42-3)18-16-22)31(39)26(43-33)19-25-20(2)35-37(30(25)38)23-13-9-6-10-14-23/h5-19,25,29H,4H2,1-3H3/b26-19+/t25-,29-/m0/s1. The number of nitrogens with zero attached hydrogens (tertiary/aromatic N) is 4. The van der Waals surface area contributed by atoms with Gasteiger partial charge in [-0.2, -0.15) is 10.1 Å². The van der Waals surface area contributed by atoms with Crippen LogP contribution in [0.5, 0.6) is 0 Å². The average Bonchev–Trinajstić information content (AvgIpc) is 3.51. The number of hydrazone groups is 1. The highest BCUT2D eigenvalue weighted by Crippen LogP contribution is 2.35. The Bertz CT molecular complexity index is 1950. The summed E-state index contributed by atoms with van der Waals surface area (Å²) < 4.78 is 7.43. The number of fused-ring (bicyclic) bond motifs is 1. The van der Waals surface area contributed by atoms with Gasteiger partial charge in [-0.15, -0.1) is 11.8 Å². The Kier molecular flexibility index (Phi) is 7.96. The molecule has 43 heavy (non-hydrogen) atoms. The zero-order valence-corrected chi connectivity index (χ0v) is 25.4. The van der Waals surface area contributed by atoms with E-state index in [4.69, 9.17) is 9.73 Å². The van der Waals surface area contributed by atoms with Gasteiger partial charge in [-0.1, -0.05) is 72.0 Å². The number of ether oxygens (including phenoxy) is 1. The van der Waals surface area contributed by atoms with Gasteiger partial charge in [-0.05, 0) is 56.0 Å². The molecule has 1 amide bonds. The maximum Gasteiger partial charge on any atom is 0.338 e. The third kappa shape index (κ3) is 5.28. The first-order valence-corrected chi connectivity index (χ1v) is 15.8. The van der Waals surface area contributed by atoms with Gasteiger partial charge in [0.2, 0.25) is 0 Å². The number of rotatable bonds is 7. The zero-order valence-electron chi connectivity index (χ0n) is 23.8. The summed E-state index contributed by atoms with van der Waals surface area (Å²) in [6.45, 7) is 3.70. The topological polar surface area (TPSA) is 93.3 Å². The summed E-state index contributed by atoms with van der Waals surface area (Å²) in [5.41, 5.74) is 3.13. The van der Waals surface area contributed by atoms with E-state index in [9.17, 15) is 14.4 Å². The van der Waals surface area contributed by atoms with Gasteiger partial charge in [0.05, 0.1) is 39.9 Å². The van der Waals surface area contributed by atoms with Gasteiger partial charge >= 0.3 is 5.97 Å². The average molecular weight is 609 g/mol. The first kappa shape index (κ1) is 28.6. The lowest BCUT2D eigenvalue weighted by Gasteiger charge is -2.26. The minimum atomic E-state index is -0.779. The maximum atomic E-state index is 14.2. The van der Waals surface area contributed by atoms with Crippen molar-refractivity contribution in [1.29, 1.82) is 0 Å². The van der Waals surface area contributed by atoms with E-state index in [1.54, 1.807) is 36.3 Å². The molecule has 0 unspecified atom stereocenters. The number of carbonyl (C=O) groups excluding carboxylic acids is 2. The van der Waals surface area contributed by atoms with Crippen molar-refractivity contribution >= 4 is 58.1 Å². The van der Waals surface area contributed by atoms with Gasteiger partial charge < -0.3 is 4.74 Å². The highest BCUT2D eigenvalue weighted by Gasteiger charge is 2.36. The summed E-state index contributed by atoms with van der Waals surface area (Å²) in [7, 11) is 0. The molecular weight excluding hydrogens is 581 g/mol. The van der Waals surface area contributed by atoms with E-state index in [0.717, 1.165) is 16.0 Å². The Labute approximate surface area is 256 Å². The number of carbonyl (C=O) groups is 2. The Morgan fingerprint density at radius 2 is 1.67 bits per heavy atom. The molecule has 8 nitrogen and oxygen atoms in total. The van der Waals surface area contributed by atoms with Gasteiger partial charge in [-0.25, -0.2) is 9.79 Å².